The lowest BCUT2D eigenvalue weighted by Gasteiger charge is -2.17. The predicted molar refractivity (Wildman–Crippen MR) is 95.8 cm³/mol. The van der Waals surface area contributed by atoms with Crippen LogP contribution in [0.3, 0.4) is 0 Å². The molecule has 1 amide bonds. The molecule has 1 aromatic carbocycles. The van der Waals surface area contributed by atoms with Crippen molar-refractivity contribution in [2.24, 2.45) is 0 Å². The molecule has 0 saturated carbocycles. The highest BCUT2D eigenvalue weighted by Crippen LogP contribution is 2.22. The first-order valence-electron chi connectivity index (χ1n) is 8.26. The van der Waals surface area contributed by atoms with Crippen molar-refractivity contribution in [1.82, 2.24) is 14.7 Å². The van der Waals surface area contributed by atoms with Gasteiger partial charge >= 0.3 is 0 Å². The average molecular weight is 345 g/mol. The number of carbonyl (C=O) groups excluding carboxylic acids is 1. The van der Waals surface area contributed by atoms with Crippen LogP contribution in [0.2, 0.25) is 0 Å². The van der Waals surface area contributed by atoms with Gasteiger partial charge in [0.05, 0.1) is 23.4 Å². The molecular weight excluding hydrogens is 322 g/mol. The number of hydrogen-bond acceptors (Lipinski definition) is 5. The van der Waals surface area contributed by atoms with Gasteiger partial charge in [-0.3, -0.25) is 19.6 Å². The van der Waals surface area contributed by atoms with Crippen molar-refractivity contribution in [2.75, 3.05) is 25.0 Å². The van der Waals surface area contributed by atoms with Gasteiger partial charge in [-0.1, -0.05) is 19.9 Å². The van der Waals surface area contributed by atoms with Gasteiger partial charge in [0.15, 0.2) is 0 Å². The third-order valence-electron chi connectivity index (χ3n) is 4.18. The molecule has 0 unspecified atom stereocenters. The minimum atomic E-state index is -0.489. The van der Waals surface area contributed by atoms with Crippen molar-refractivity contribution in [1.29, 1.82) is 0 Å². The van der Waals surface area contributed by atoms with Gasteiger partial charge < -0.3 is 10.2 Å². The van der Waals surface area contributed by atoms with Gasteiger partial charge in [0.25, 0.3) is 11.6 Å². The molecule has 0 aliphatic rings. The average Bonchev–Trinajstić information content (AvgIpc) is 3.03. The number of hydrogen-bond donors (Lipinski definition) is 1. The van der Waals surface area contributed by atoms with Crippen molar-refractivity contribution >= 4 is 17.3 Å². The number of benzene rings is 1. The van der Waals surface area contributed by atoms with Crippen LogP contribution in [0.4, 0.5) is 11.4 Å². The molecule has 2 rings (SSSR count). The Morgan fingerprint density at radius 2 is 2.08 bits per heavy atom. The zero-order valence-electron chi connectivity index (χ0n) is 14.7. The van der Waals surface area contributed by atoms with Gasteiger partial charge in [-0.15, -0.1) is 0 Å². The molecule has 25 heavy (non-hydrogen) atoms. The van der Waals surface area contributed by atoms with Crippen LogP contribution in [-0.2, 0) is 6.54 Å². The minimum Gasteiger partial charge on any atom is -0.319 e. The molecule has 134 valence electrons. The molecule has 0 fully saturated rings. The molecule has 0 radical (unpaired) electrons. The summed E-state index contributed by atoms with van der Waals surface area (Å²) in [5.41, 5.74) is 1.13. The number of nitrogens with one attached hydrogen (secondary N) is 1. The van der Waals surface area contributed by atoms with E-state index in [2.05, 4.69) is 29.2 Å². The molecule has 1 heterocycles. The van der Waals surface area contributed by atoms with E-state index in [9.17, 15) is 14.9 Å². The van der Waals surface area contributed by atoms with E-state index in [1.165, 1.54) is 12.1 Å². The minimum absolute atomic E-state index is 0.0671. The summed E-state index contributed by atoms with van der Waals surface area (Å²) in [6.45, 7) is 9.36. The Kier molecular flexibility index (Phi) is 6.24. The number of rotatable bonds is 8. The van der Waals surface area contributed by atoms with Crippen molar-refractivity contribution in [3.8, 4) is 0 Å². The van der Waals surface area contributed by atoms with Crippen LogP contribution in [-0.4, -0.2) is 45.1 Å². The predicted octanol–water partition coefficient (Wildman–Crippen LogP) is 2.69. The highest BCUT2D eigenvalue weighted by atomic mass is 16.6. The molecule has 8 heteroatoms. The van der Waals surface area contributed by atoms with Crippen molar-refractivity contribution < 1.29 is 9.72 Å². The highest BCUT2D eigenvalue weighted by molar-refractivity contribution is 6.05. The topological polar surface area (TPSA) is 93.3 Å². The Morgan fingerprint density at radius 1 is 1.36 bits per heavy atom. The number of carbonyl (C=O) groups is 1. The van der Waals surface area contributed by atoms with Crippen LogP contribution in [0.15, 0.2) is 30.6 Å². The van der Waals surface area contributed by atoms with Crippen molar-refractivity contribution in [2.45, 2.75) is 27.3 Å². The van der Waals surface area contributed by atoms with Crippen molar-refractivity contribution in [3.63, 3.8) is 0 Å². The number of likely N-dealkylation sites (N-methyl/N-ethyl adjacent to an activating group) is 1. The van der Waals surface area contributed by atoms with Crippen LogP contribution in [0, 0.1) is 17.0 Å². The van der Waals surface area contributed by atoms with E-state index in [0.29, 0.717) is 11.3 Å². The first-order chi connectivity index (χ1) is 12.0. The fourth-order valence-electron chi connectivity index (χ4n) is 2.60. The summed E-state index contributed by atoms with van der Waals surface area (Å²) in [5.74, 6) is -0.385. The first kappa shape index (κ1) is 18.6. The van der Waals surface area contributed by atoms with Crippen LogP contribution in [0.25, 0.3) is 0 Å². The number of nitrogens with zero attached hydrogens (tertiary/aromatic N) is 4. The third kappa shape index (κ3) is 4.63. The Labute approximate surface area is 146 Å². The summed E-state index contributed by atoms with van der Waals surface area (Å²) in [6, 6.07) is 4.47. The van der Waals surface area contributed by atoms with Gasteiger partial charge in [0, 0.05) is 29.9 Å². The zero-order chi connectivity index (χ0) is 18.4. The lowest BCUT2D eigenvalue weighted by Crippen LogP contribution is -2.27. The van der Waals surface area contributed by atoms with E-state index in [0.717, 1.165) is 26.2 Å². The molecule has 8 nitrogen and oxygen atoms in total. The number of nitro benzene ring substituents is 1. The molecule has 0 bridgehead atoms. The van der Waals surface area contributed by atoms with Crippen LogP contribution in [0.5, 0.6) is 0 Å². The van der Waals surface area contributed by atoms with E-state index < -0.39 is 4.92 Å². The number of aromatic nitrogens is 2. The molecule has 2 aromatic rings. The fourth-order valence-corrected chi connectivity index (χ4v) is 2.60. The van der Waals surface area contributed by atoms with Gasteiger partial charge in [-0.25, -0.2) is 0 Å². The fraction of sp³-hybridized carbons (Fsp3) is 0.412. The van der Waals surface area contributed by atoms with Gasteiger partial charge in [-0.05, 0) is 26.1 Å². The van der Waals surface area contributed by atoms with E-state index in [1.54, 1.807) is 30.1 Å². The second kappa shape index (κ2) is 8.39. The van der Waals surface area contributed by atoms with E-state index in [4.69, 9.17) is 0 Å². The number of nitro groups is 1. The maximum absolute atomic E-state index is 12.4. The first-order valence-corrected chi connectivity index (χ1v) is 8.26. The maximum atomic E-state index is 12.4. The van der Waals surface area contributed by atoms with Crippen LogP contribution < -0.4 is 5.32 Å². The number of anilines is 1. The SMILES string of the molecule is CCN(CC)CCn1cc(NC(=O)c2cccc([N+](=O)[O-])c2C)cn1. The second-order valence-corrected chi connectivity index (χ2v) is 5.68. The maximum Gasteiger partial charge on any atom is 0.273 e. The van der Waals surface area contributed by atoms with Gasteiger partial charge in [-0.2, -0.15) is 5.10 Å². The molecule has 0 spiro atoms. The van der Waals surface area contributed by atoms with Gasteiger partial charge in [0.2, 0.25) is 0 Å². The smallest absolute Gasteiger partial charge is 0.273 e. The second-order valence-electron chi connectivity index (χ2n) is 5.68. The molecular formula is C17H23N5O3. The summed E-state index contributed by atoms with van der Waals surface area (Å²) in [7, 11) is 0. The molecule has 1 N–H and O–H groups in total. The highest BCUT2D eigenvalue weighted by Gasteiger charge is 2.18. The Bertz CT molecular complexity index is 752. The summed E-state index contributed by atoms with van der Waals surface area (Å²) in [4.78, 5) is 25.2. The Hall–Kier alpha value is -2.74. The molecule has 0 aliphatic heterocycles. The monoisotopic (exact) mass is 345 g/mol. The lowest BCUT2D eigenvalue weighted by atomic mass is 10.1. The molecule has 1 aromatic heterocycles. The van der Waals surface area contributed by atoms with E-state index >= 15 is 0 Å². The summed E-state index contributed by atoms with van der Waals surface area (Å²) < 4.78 is 1.77. The third-order valence-corrected chi connectivity index (χ3v) is 4.18. The normalized spacial score (nSPS) is 10.9. The zero-order valence-corrected chi connectivity index (χ0v) is 14.7. The van der Waals surface area contributed by atoms with Gasteiger partial charge in [0.1, 0.15) is 0 Å². The van der Waals surface area contributed by atoms with E-state index in [-0.39, 0.29) is 17.2 Å². The summed E-state index contributed by atoms with van der Waals surface area (Å²) in [6.07, 6.45) is 3.33. The Balaban J connectivity index is 2.05. The molecule has 0 atom stereocenters. The van der Waals surface area contributed by atoms with Crippen molar-refractivity contribution in [3.05, 3.63) is 51.8 Å². The Morgan fingerprint density at radius 3 is 2.72 bits per heavy atom. The summed E-state index contributed by atoms with van der Waals surface area (Å²) >= 11 is 0. The number of amides is 1. The van der Waals surface area contributed by atoms with E-state index in [1.807, 2.05) is 0 Å². The quantitative estimate of drug-likeness (QED) is 0.586. The lowest BCUT2D eigenvalue weighted by molar-refractivity contribution is -0.385. The summed E-state index contributed by atoms with van der Waals surface area (Å²) in [5, 5.41) is 18.0. The largest absolute Gasteiger partial charge is 0.319 e. The standard InChI is InChI=1S/C17H23N5O3/c1-4-20(5-2)9-10-21-12-14(11-18-21)19-17(23)15-7-6-8-16(13(15)3)22(24)25/h6-8,11-12H,4-5,9-10H2,1-3H3,(H,19,23). The molecule has 0 saturated heterocycles. The van der Waals surface area contributed by atoms with Crippen LogP contribution in [0.1, 0.15) is 29.8 Å². The molecule has 0 aliphatic carbocycles. The van der Waals surface area contributed by atoms with Crippen LogP contribution >= 0.6 is 0 Å².